The first-order chi connectivity index (χ1) is 15.8. The van der Waals surface area contributed by atoms with Crippen molar-refractivity contribution in [3.8, 4) is 11.8 Å². The van der Waals surface area contributed by atoms with E-state index in [9.17, 15) is 14.4 Å². The normalized spacial score (nSPS) is 14.4. The van der Waals surface area contributed by atoms with Gasteiger partial charge >= 0.3 is 5.97 Å². The second kappa shape index (κ2) is 9.38. The number of halogens is 3. The second-order valence-corrected chi connectivity index (χ2v) is 8.69. The third-order valence-corrected chi connectivity index (χ3v) is 6.27. The van der Waals surface area contributed by atoms with Gasteiger partial charge in [-0.05, 0) is 72.7 Å². The van der Waals surface area contributed by atoms with Gasteiger partial charge in [0, 0.05) is 28.2 Å². The number of carbonyl (C=O) groups is 1. The van der Waals surface area contributed by atoms with E-state index in [1.807, 2.05) is 6.07 Å². The summed E-state index contributed by atoms with van der Waals surface area (Å²) in [5.74, 6) is -0.902. The van der Waals surface area contributed by atoms with Crippen LogP contribution in [0.15, 0.2) is 36.5 Å². The molecular weight excluding hydrogens is 466 g/mol. The number of aromatic nitrogens is 1. The first-order valence-corrected chi connectivity index (χ1v) is 11.1. The van der Waals surface area contributed by atoms with Crippen LogP contribution >= 0.6 is 23.2 Å². The van der Waals surface area contributed by atoms with Crippen LogP contribution in [0.3, 0.4) is 0 Å². The van der Waals surface area contributed by atoms with E-state index in [1.165, 1.54) is 18.2 Å². The predicted molar refractivity (Wildman–Crippen MR) is 125 cm³/mol. The molecule has 0 bridgehead atoms. The van der Waals surface area contributed by atoms with Gasteiger partial charge in [-0.2, -0.15) is 5.26 Å². The Morgan fingerprint density at radius 2 is 2.15 bits per heavy atom. The highest BCUT2D eigenvalue weighted by molar-refractivity contribution is 6.36. The van der Waals surface area contributed by atoms with Crippen molar-refractivity contribution in [2.75, 3.05) is 0 Å². The minimum Gasteiger partial charge on any atom is -0.486 e. The fraction of sp³-hybridized carbons (Fsp3) is 0.240. The number of carboxylic acids is 1. The summed E-state index contributed by atoms with van der Waals surface area (Å²) in [6.07, 6.45) is 5.68. The number of nitriles is 1. The zero-order valence-corrected chi connectivity index (χ0v) is 19.1. The van der Waals surface area contributed by atoms with E-state index in [0.29, 0.717) is 22.4 Å². The Kier molecular flexibility index (Phi) is 6.55. The maximum absolute atomic E-state index is 14.0. The summed E-state index contributed by atoms with van der Waals surface area (Å²) < 4.78 is 20.1. The Labute approximate surface area is 200 Å². The molecule has 0 saturated heterocycles. The van der Waals surface area contributed by atoms with Gasteiger partial charge in [0.1, 0.15) is 17.7 Å². The summed E-state index contributed by atoms with van der Waals surface area (Å²) in [5.41, 5.74) is 3.39. The predicted octanol–water partition coefficient (Wildman–Crippen LogP) is 6.86. The lowest BCUT2D eigenvalue weighted by Crippen LogP contribution is -2.07. The van der Waals surface area contributed by atoms with Crippen molar-refractivity contribution in [1.29, 1.82) is 5.26 Å². The molecule has 1 atom stereocenters. The van der Waals surface area contributed by atoms with Crippen LogP contribution in [-0.4, -0.2) is 16.1 Å². The molecule has 1 aliphatic carbocycles. The molecule has 3 aromatic rings. The summed E-state index contributed by atoms with van der Waals surface area (Å²) in [5, 5.41) is 19.4. The van der Waals surface area contributed by atoms with Crippen molar-refractivity contribution in [1.82, 2.24) is 4.98 Å². The molecule has 0 radical (unpaired) electrons. The lowest BCUT2D eigenvalue weighted by Gasteiger charge is -2.20. The van der Waals surface area contributed by atoms with Crippen LogP contribution in [0.5, 0.6) is 5.75 Å². The molecule has 33 heavy (non-hydrogen) atoms. The minimum atomic E-state index is -1.04. The van der Waals surface area contributed by atoms with Gasteiger partial charge in [-0.25, -0.2) is 9.18 Å². The third-order valence-electron chi connectivity index (χ3n) is 5.56. The molecule has 1 saturated carbocycles. The molecular formula is C25H19Cl2FN2O3. The maximum Gasteiger partial charge on any atom is 0.328 e. The number of nitrogens with zero attached hydrogens (tertiary/aromatic N) is 2. The van der Waals surface area contributed by atoms with E-state index in [1.54, 1.807) is 19.2 Å². The van der Waals surface area contributed by atoms with Crippen molar-refractivity contribution >= 4 is 46.2 Å². The van der Waals surface area contributed by atoms with Gasteiger partial charge in [0.15, 0.2) is 0 Å². The SMILES string of the molecule is C[C@H](Oc1cc(CC#N)c2ncc(/C=C/C(=O)O)c(C3CC3)c2c1)c1c(Cl)ccc(F)c1Cl. The van der Waals surface area contributed by atoms with E-state index in [2.05, 4.69) is 11.1 Å². The molecule has 0 unspecified atom stereocenters. The molecule has 1 aliphatic rings. The van der Waals surface area contributed by atoms with E-state index in [4.69, 9.17) is 33.0 Å². The lowest BCUT2D eigenvalue weighted by atomic mass is 9.96. The number of hydrogen-bond donors (Lipinski definition) is 1. The average Bonchev–Trinajstić information content (AvgIpc) is 3.60. The first-order valence-electron chi connectivity index (χ1n) is 10.3. The lowest BCUT2D eigenvalue weighted by molar-refractivity contribution is -0.131. The zero-order chi connectivity index (χ0) is 23.7. The van der Waals surface area contributed by atoms with E-state index in [-0.39, 0.29) is 22.4 Å². The first kappa shape index (κ1) is 23.0. The fourth-order valence-electron chi connectivity index (χ4n) is 3.97. The summed E-state index contributed by atoms with van der Waals surface area (Å²) >= 11 is 12.4. The second-order valence-electron chi connectivity index (χ2n) is 7.90. The van der Waals surface area contributed by atoms with Crippen LogP contribution in [0.4, 0.5) is 4.39 Å². The molecule has 8 heteroatoms. The smallest absolute Gasteiger partial charge is 0.328 e. The molecule has 1 heterocycles. The Balaban J connectivity index is 1.84. The van der Waals surface area contributed by atoms with Gasteiger partial charge in [0.25, 0.3) is 0 Å². The van der Waals surface area contributed by atoms with Crippen LogP contribution in [-0.2, 0) is 11.2 Å². The standard InChI is InChI=1S/C25H19Cl2FN2O3/c1-13(22-19(26)5-6-20(28)24(22)27)33-17-10-15(8-9-29)25-18(11-17)23(14-2-3-14)16(12-30-25)4-7-21(31)32/h4-7,10-14H,2-3,8H2,1H3,(H,31,32)/b7-4+/t13-/m0/s1. The van der Waals surface area contributed by atoms with E-state index in [0.717, 1.165) is 35.4 Å². The number of pyridine rings is 1. The Morgan fingerprint density at radius 1 is 1.39 bits per heavy atom. The molecule has 1 fully saturated rings. The van der Waals surface area contributed by atoms with Gasteiger partial charge in [-0.1, -0.05) is 23.2 Å². The number of fused-ring (bicyclic) bond motifs is 1. The van der Waals surface area contributed by atoms with Crippen LogP contribution in [0.2, 0.25) is 10.0 Å². The molecule has 0 amide bonds. The van der Waals surface area contributed by atoms with E-state index >= 15 is 0 Å². The maximum atomic E-state index is 14.0. The number of carboxylic acid groups (broad SMARTS) is 1. The third kappa shape index (κ3) is 4.80. The Hall–Kier alpha value is -3.14. The molecule has 0 spiro atoms. The highest BCUT2D eigenvalue weighted by atomic mass is 35.5. The van der Waals surface area contributed by atoms with Crippen LogP contribution in [0, 0.1) is 17.1 Å². The number of rotatable bonds is 7. The van der Waals surface area contributed by atoms with Crippen molar-refractivity contribution in [2.24, 2.45) is 0 Å². The van der Waals surface area contributed by atoms with Crippen molar-refractivity contribution in [3.05, 3.63) is 74.7 Å². The highest BCUT2D eigenvalue weighted by Crippen LogP contribution is 2.46. The molecule has 168 valence electrons. The van der Waals surface area contributed by atoms with Gasteiger partial charge in [0.2, 0.25) is 0 Å². The molecule has 1 N–H and O–H groups in total. The van der Waals surface area contributed by atoms with E-state index < -0.39 is 17.9 Å². The Bertz CT molecular complexity index is 1330. The van der Waals surface area contributed by atoms with Gasteiger partial charge in [0.05, 0.1) is 23.0 Å². The quantitative estimate of drug-likeness (QED) is 0.292. The summed E-state index contributed by atoms with van der Waals surface area (Å²) in [6.45, 7) is 1.72. The van der Waals surface area contributed by atoms with Crippen LogP contribution in [0.25, 0.3) is 17.0 Å². The fourth-order valence-corrected chi connectivity index (χ4v) is 4.65. The molecule has 2 aromatic carbocycles. The molecule has 4 rings (SSSR count). The Morgan fingerprint density at radius 3 is 2.82 bits per heavy atom. The van der Waals surface area contributed by atoms with Crippen LogP contribution < -0.4 is 4.74 Å². The van der Waals surface area contributed by atoms with Gasteiger partial charge in [-0.3, -0.25) is 4.98 Å². The topological polar surface area (TPSA) is 83.2 Å². The van der Waals surface area contributed by atoms with Crippen molar-refractivity contribution in [3.63, 3.8) is 0 Å². The molecule has 5 nitrogen and oxygen atoms in total. The highest BCUT2D eigenvalue weighted by Gasteiger charge is 2.29. The molecule has 0 aliphatic heterocycles. The largest absolute Gasteiger partial charge is 0.486 e. The van der Waals surface area contributed by atoms with Crippen molar-refractivity contribution in [2.45, 2.75) is 38.2 Å². The summed E-state index contributed by atoms with van der Waals surface area (Å²) in [4.78, 5) is 15.6. The number of ether oxygens (including phenoxy) is 1. The summed E-state index contributed by atoms with van der Waals surface area (Å²) in [6, 6.07) is 8.34. The van der Waals surface area contributed by atoms with Crippen LogP contribution in [0.1, 0.15) is 54.0 Å². The monoisotopic (exact) mass is 484 g/mol. The van der Waals surface area contributed by atoms with Gasteiger partial charge < -0.3 is 9.84 Å². The number of benzene rings is 2. The zero-order valence-electron chi connectivity index (χ0n) is 17.6. The molecule has 1 aromatic heterocycles. The number of hydrogen-bond acceptors (Lipinski definition) is 4. The number of aliphatic carboxylic acids is 1. The van der Waals surface area contributed by atoms with Gasteiger partial charge in [-0.15, -0.1) is 0 Å². The van der Waals surface area contributed by atoms with Crippen molar-refractivity contribution < 1.29 is 19.0 Å². The minimum absolute atomic E-state index is 0.102. The average molecular weight is 485 g/mol. The summed E-state index contributed by atoms with van der Waals surface area (Å²) in [7, 11) is 0.